The molecular weight excluding hydrogens is 366 g/mol. The van der Waals surface area contributed by atoms with Gasteiger partial charge in [0.2, 0.25) is 0 Å². The van der Waals surface area contributed by atoms with Crippen LogP contribution in [0.1, 0.15) is 27.7 Å². The Labute approximate surface area is 169 Å². The Bertz CT molecular complexity index is 1040. The maximum atomic E-state index is 13.1. The maximum absolute atomic E-state index is 13.1. The lowest BCUT2D eigenvalue weighted by Crippen LogP contribution is -2.53. The highest BCUT2D eigenvalue weighted by atomic mass is 16.5. The molecule has 6 heteroatoms. The number of fused-ring (bicyclic) bond motifs is 1. The van der Waals surface area contributed by atoms with Gasteiger partial charge in [-0.05, 0) is 42.3 Å². The van der Waals surface area contributed by atoms with Crippen LogP contribution < -0.4 is 15.5 Å². The van der Waals surface area contributed by atoms with Crippen molar-refractivity contribution >= 4 is 17.5 Å². The number of hydrogen-bond acceptors (Lipinski definition) is 4. The minimum atomic E-state index is -0.526. The van der Waals surface area contributed by atoms with Crippen LogP contribution in [-0.2, 0) is 4.79 Å². The summed E-state index contributed by atoms with van der Waals surface area (Å²) in [4.78, 5) is 25.6. The molecule has 0 aromatic heterocycles. The highest BCUT2D eigenvalue weighted by Crippen LogP contribution is 2.31. The molecule has 1 unspecified atom stereocenters. The predicted molar refractivity (Wildman–Crippen MR) is 110 cm³/mol. The standard InChI is InChI=1S/C23H21N3O3/c1-16-8-7-11-18(14-16)29-15-21(27)25-26-22(17-9-3-2-4-10-17)24-20-13-6-5-12-19(20)23(26)28/h2-14,22,24H,15H2,1H3,(H,25,27). The van der Waals surface area contributed by atoms with Crippen molar-refractivity contribution in [3.63, 3.8) is 0 Å². The van der Waals surface area contributed by atoms with Crippen molar-refractivity contribution in [1.29, 1.82) is 0 Å². The number of hydrazine groups is 1. The summed E-state index contributed by atoms with van der Waals surface area (Å²) in [6, 6.07) is 24.2. The monoisotopic (exact) mass is 387 g/mol. The molecule has 2 N–H and O–H groups in total. The van der Waals surface area contributed by atoms with E-state index in [0.29, 0.717) is 11.3 Å². The van der Waals surface area contributed by atoms with Gasteiger partial charge in [0.25, 0.3) is 11.8 Å². The van der Waals surface area contributed by atoms with E-state index in [1.165, 1.54) is 5.01 Å². The van der Waals surface area contributed by atoms with Crippen molar-refractivity contribution in [2.45, 2.75) is 13.1 Å². The molecule has 2 amide bonds. The third kappa shape index (κ3) is 4.06. The zero-order valence-electron chi connectivity index (χ0n) is 16.0. The van der Waals surface area contributed by atoms with Crippen LogP contribution in [0, 0.1) is 6.92 Å². The quantitative estimate of drug-likeness (QED) is 0.701. The van der Waals surface area contributed by atoms with Crippen LogP contribution in [0.4, 0.5) is 5.69 Å². The second-order valence-electron chi connectivity index (χ2n) is 6.82. The first kappa shape index (κ1) is 18.6. The average molecular weight is 387 g/mol. The van der Waals surface area contributed by atoms with Gasteiger partial charge in [0.15, 0.2) is 6.61 Å². The van der Waals surface area contributed by atoms with E-state index >= 15 is 0 Å². The van der Waals surface area contributed by atoms with Crippen molar-refractivity contribution in [3.05, 3.63) is 95.6 Å². The fraction of sp³-hybridized carbons (Fsp3) is 0.130. The van der Waals surface area contributed by atoms with Crippen molar-refractivity contribution in [1.82, 2.24) is 10.4 Å². The summed E-state index contributed by atoms with van der Waals surface area (Å²) in [5.41, 5.74) is 5.83. The van der Waals surface area contributed by atoms with Gasteiger partial charge in [-0.25, -0.2) is 5.01 Å². The molecule has 0 bridgehead atoms. The molecule has 29 heavy (non-hydrogen) atoms. The second kappa shape index (κ2) is 8.06. The van der Waals surface area contributed by atoms with Gasteiger partial charge in [0.05, 0.1) is 5.56 Å². The summed E-state index contributed by atoms with van der Waals surface area (Å²) < 4.78 is 5.57. The summed E-state index contributed by atoms with van der Waals surface area (Å²) in [6.45, 7) is 1.75. The molecule has 1 aliphatic rings. The Hall–Kier alpha value is -3.80. The molecule has 6 nitrogen and oxygen atoms in total. The lowest BCUT2D eigenvalue weighted by atomic mass is 10.1. The van der Waals surface area contributed by atoms with Gasteiger partial charge < -0.3 is 10.1 Å². The van der Waals surface area contributed by atoms with E-state index in [1.54, 1.807) is 18.2 Å². The number of rotatable bonds is 5. The fourth-order valence-electron chi connectivity index (χ4n) is 3.26. The summed E-state index contributed by atoms with van der Waals surface area (Å²) >= 11 is 0. The van der Waals surface area contributed by atoms with Crippen LogP contribution in [0.15, 0.2) is 78.9 Å². The number of para-hydroxylation sites is 1. The van der Waals surface area contributed by atoms with Crippen LogP contribution in [-0.4, -0.2) is 23.4 Å². The lowest BCUT2D eigenvalue weighted by molar-refractivity contribution is -0.127. The van der Waals surface area contributed by atoms with Crippen LogP contribution in [0.25, 0.3) is 0 Å². The summed E-state index contributed by atoms with van der Waals surface area (Å²) in [5, 5.41) is 4.65. The van der Waals surface area contributed by atoms with E-state index in [4.69, 9.17) is 4.74 Å². The molecule has 3 aromatic rings. The van der Waals surface area contributed by atoms with E-state index in [0.717, 1.165) is 16.8 Å². The van der Waals surface area contributed by atoms with Gasteiger partial charge in [0, 0.05) is 5.69 Å². The number of benzene rings is 3. The first-order valence-electron chi connectivity index (χ1n) is 9.35. The lowest BCUT2D eigenvalue weighted by Gasteiger charge is -2.37. The molecule has 0 saturated carbocycles. The molecule has 0 aliphatic carbocycles. The Kier molecular flexibility index (Phi) is 5.16. The first-order valence-corrected chi connectivity index (χ1v) is 9.35. The van der Waals surface area contributed by atoms with Crippen molar-refractivity contribution < 1.29 is 14.3 Å². The minimum Gasteiger partial charge on any atom is -0.484 e. The van der Waals surface area contributed by atoms with Gasteiger partial charge in [-0.2, -0.15) is 0 Å². The number of aryl methyl sites for hydroxylation is 1. The number of carbonyl (C=O) groups is 2. The molecule has 0 spiro atoms. The second-order valence-corrected chi connectivity index (χ2v) is 6.82. The smallest absolute Gasteiger partial charge is 0.276 e. The zero-order chi connectivity index (χ0) is 20.2. The predicted octanol–water partition coefficient (Wildman–Crippen LogP) is 3.67. The third-order valence-electron chi connectivity index (χ3n) is 4.65. The van der Waals surface area contributed by atoms with E-state index in [9.17, 15) is 9.59 Å². The summed E-state index contributed by atoms with van der Waals surface area (Å²) in [6.07, 6.45) is -0.526. The highest BCUT2D eigenvalue weighted by molar-refractivity contribution is 6.02. The van der Waals surface area contributed by atoms with Crippen molar-refractivity contribution in [2.75, 3.05) is 11.9 Å². The number of ether oxygens (including phenoxy) is 1. The van der Waals surface area contributed by atoms with Crippen molar-refractivity contribution in [2.24, 2.45) is 0 Å². The zero-order valence-corrected chi connectivity index (χ0v) is 16.0. The largest absolute Gasteiger partial charge is 0.484 e. The Morgan fingerprint density at radius 3 is 2.59 bits per heavy atom. The first-order chi connectivity index (χ1) is 14.1. The fourth-order valence-corrected chi connectivity index (χ4v) is 3.26. The Balaban J connectivity index is 1.54. The van der Waals surface area contributed by atoms with Crippen LogP contribution in [0.5, 0.6) is 5.75 Å². The molecule has 1 atom stereocenters. The third-order valence-corrected chi connectivity index (χ3v) is 4.65. The van der Waals surface area contributed by atoms with Gasteiger partial charge in [-0.1, -0.05) is 54.6 Å². The van der Waals surface area contributed by atoms with E-state index in [1.807, 2.05) is 67.6 Å². The molecule has 4 rings (SSSR count). The summed E-state index contributed by atoms with van der Waals surface area (Å²) in [7, 11) is 0. The molecular formula is C23H21N3O3. The van der Waals surface area contributed by atoms with Crippen LogP contribution >= 0.6 is 0 Å². The van der Waals surface area contributed by atoms with Gasteiger partial charge in [-0.15, -0.1) is 0 Å². The molecule has 0 saturated heterocycles. The molecule has 146 valence electrons. The van der Waals surface area contributed by atoms with Crippen LogP contribution in [0.3, 0.4) is 0 Å². The highest BCUT2D eigenvalue weighted by Gasteiger charge is 2.34. The number of nitrogens with zero attached hydrogens (tertiary/aromatic N) is 1. The number of carbonyl (C=O) groups excluding carboxylic acids is 2. The Morgan fingerprint density at radius 2 is 1.79 bits per heavy atom. The number of hydrogen-bond donors (Lipinski definition) is 2. The molecule has 0 radical (unpaired) electrons. The molecule has 1 aliphatic heterocycles. The number of amides is 2. The van der Waals surface area contributed by atoms with Gasteiger partial charge in [0.1, 0.15) is 11.9 Å². The van der Waals surface area contributed by atoms with E-state index in [2.05, 4.69) is 10.7 Å². The summed E-state index contributed by atoms with van der Waals surface area (Å²) in [5.74, 6) is -0.0905. The SMILES string of the molecule is Cc1cccc(OCC(=O)NN2C(=O)c3ccccc3NC2c2ccccc2)c1. The normalized spacial score (nSPS) is 15.3. The van der Waals surface area contributed by atoms with E-state index in [-0.39, 0.29) is 12.5 Å². The number of anilines is 1. The average Bonchev–Trinajstić information content (AvgIpc) is 2.75. The van der Waals surface area contributed by atoms with Crippen LogP contribution in [0.2, 0.25) is 0 Å². The van der Waals surface area contributed by atoms with Gasteiger partial charge >= 0.3 is 0 Å². The Morgan fingerprint density at radius 1 is 1.03 bits per heavy atom. The van der Waals surface area contributed by atoms with Gasteiger partial charge in [-0.3, -0.25) is 15.0 Å². The maximum Gasteiger partial charge on any atom is 0.276 e. The van der Waals surface area contributed by atoms with E-state index < -0.39 is 12.1 Å². The molecule has 3 aromatic carbocycles. The molecule has 1 heterocycles. The molecule has 0 fully saturated rings. The minimum absolute atomic E-state index is 0.198. The number of nitrogens with one attached hydrogen (secondary N) is 2. The topological polar surface area (TPSA) is 70.7 Å². The van der Waals surface area contributed by atoms with Crippen molar-refractivity contribution in [3.8, 4) is 5.75 Å².